The number of aromatic amines is 2. The second kappa shape index (κ2) is 11.5. The molecule has 3 aliphatic rings. The van der Waals surface area contributed by atoms with Gasteiger partial charge in [-0.15, -0.1) is 0 Å². The number of likely N-dealkylation sites (tertiary alicyclic amines) is 2. The molecule has 2 N–H and O–H groups in total. The minimum absolute atomic E-state index is 0.573. The third kappa shape index (κ3) is 6.33. The van der Waals surface area contributed by atoms with Crippen LogP contribution in [0.4, 0.5) is 0 Å². The van der Waals surface area contributed by atoms with Crippen molar-refractivity contribution in [2.75, 3.05) is 26.2 Å². The number of benzene rings is 1. The summed E-state index contributed by atoms with van der Waals surface area (Å²) in [6, 6.07) is 10.2. The topological polar surface area (TPSA) is 67.1 Å². The van der Waals surface area contributed by atoms with Crippen LogP contribution in [-0.2, 0) is 26.2 Å². The van der Waals surface area contributed by atoms with E-state index in [1.54, 1.807) is 0 Å². The van der Waals surface area contributed by atoms with Crippen molar-refractivity contribution in [3.63, 3.8) is 0 Å². The lowest BCUT2D eigenvalue weighted by molar-refractivity contribution is 0.0615. The van der Waals surface area contributed by atoms with Gasteiger partial charge in [-0.1, -0.05) is 43.5 Å². The molecule has 3 fully saturated rings. The van der Waals surface area contributed by atoms with Crippen molar-refractivity contribution < 1.29 is 0 Å². The van der Waals surface area contributed by atoms with Gasteiger partial charge in [0.05, 0.1) is 13.1 Å². The van der Waals surface area contributed by atoms with Crippen LogP contribution in [0.5, 0.6) is 0 Å². The summed E-state index contributed by atoms with van der Waals surface area (Å²) in [4.78, 5) is 23.2. The third-order valence-corrected chi connectivity index (χ3v) is 9.16. The Morgan fingerprint density at radius 1 is 0.784 bits per heavy atom. The zero-order valence-electron chi connectivity index (χ0n) is 22.2. The summed E-state index contributed by atoms with van der Waals surface area (Å²) in [5.74, 6) is 1.96. The van der Waals surface area contributed by atoms with Crippen molar-refractivity contribution in [2.45, 2.75) is 83.6 Å². The first-order valence-electron chi connectivity index (χ1n) is 14.5. The molecule has 0 atom stereocenters. The summed E-state index contributed by atoms with van der Waals surface area (Å²) in [5.41, 5.74) is 3.34. The quantitative estimate of drug-likeness (QED) is 0.434. The van der Waals surface area contributed by atoms with E-state index in [-0.39, 0.29) is 0 Å². The Labute approximate surface area is 221 Å². The SMILES string of the molecule is c1c[nH]c(CN(Cc2ccc(CN3CCC4(CCN(C5CCCCC5)CC4)C3)cc2)Cc2ncc[nH]2)n1. The van der Waals surface area contributed by atoms with E-state index in [1.165, 1.54) is 88.7 Å². The smallest absolute Gasteiger partial charge is 0.120 e. The molecule has 0 bridgehead atoms. The molecule has 2 aromatic heterocycles. The Morgan fingerprint density at radius 2 is 1.41 bits per heavy atom. The van der Waals surface area contributed by atoms with Crippen LogP contribution in [0, 0.1) is 5.41 Å². The summed E-state index contributed by atoms with van der Waals surface area (Å²) in [5, 5.41) is 0. The average Bonchev–Trinajstić information content (AvgIpc) is 3.71. The fourth-order valence-electron chi connectivity index (χ4n) is 7.01. The number of rotatable bonds is 9. The Morgan fingerprint density at radius 3 is 2.03 bits per heavy atom. The van der Waals surface area contributed by atoms with E-state index in [2.05, 4.69) is 58.9 Å². The first kappa shape index (κ1) is 24.8. The molecule has 7 heteroatoms. The highest BCUT2D eigenvalue weighted by atomic mass is 15.2. The number of aromatic nitrogens is 4. The minimum Gasteiger partial charge on any atom is -0.348 e. The summed E-state index contributed by atoms with van der Waals surface area (Å²) in [6.45, 7) is 8.69. The lowest BCUT2D eigenvalue weighted by Crippen LogP contribution is -2.46. The van der Waals surface area contributed by atoms with Gasteiger partial charge in [0.2, 0.25) is 0 Å². The second-order valence-corrected chi connectivity index (χ2v) is 11.8. The molecule has 1 saturated carbocycles. The summed E-state index contributed by atoms with van der Waals surface area (Å²) >= 11 is 0. The molecule has 1 aromatic carbocycles. The Balaban J connectivity index is 1.01. The van der Waals surface area contributed by atoms with Gasteiger partial charge in [-0.25, -0.2) is 9.97 Å². The van der Waals surface area contributed by atoms with Crippen LogP contribution in [0.25, 0.3) is 0 Å². The fraction of sp³-hybridized carbons (Fsp3) is 0.600. The fourth-order valence-corrected chi connectivity index (χ4v) is 7.01. The standard InChI is InChI=1S/C30H43N7/c1-2-4-27(5-3-1)37-18-11-30(12-19-37)10-17-35(24-30)20-25-6-8-26(9-7-25)21-36(22-28-31-13-14-32-28)23-29-33-15-16-34-29/h6-9,13-16,27H,1-5,10-12,17-24H2,(H,31,32)(H,33,34). The predicted octanol–water partition coefficient (Wildman–Crippen LogP) is 4.96. The molecule has 37 heavy (non-hydrogen) atoms. The van der Waals surface area contributed by atoms with Gasteiger partial charge < -0.3 is 14.9 Å². The van der Waals surface area contributed by atoms with E-state index in [4.69, 9.17) is 0 Å². The van der Waals surface area contributed by atoms with E-state index >= 15 is 0 Å². The van der Waals surface area contributed by atoms with Gasteiger partial charge in [0.1, 0.15) is 11.6 Å². The van der Waals surface area contributed by atoms with Gasteiger partial charge in [0, 0.05) is 50.5 Å². The highest BCUT2D eigenvalue weighted by Crippen LogP contribution is 2.42. The van der Waals surface area contributed by atoms with E-state index in [9.17, 15) is 0 Å². The van der Waals surface area contributed by atoms with Gasteiger partial charge >= 0.3 is 0 Å². The number of piperidine rings is 1. The molecular weight excluding hydrogens is 458 g/mol. The molecule has 2 saturated heterocycles. The van der Waals surface area contributed by atoms with Crippen LogP contribution in [0.15, 0.2) is 49.1 Å². The molecule has 0 amide bonds. The van der Waals surface area contributed by atoms with Crippen molar-refractivity contribution >= 4 is 0 Å². The van der Waals surface area contributed by atoms with Crippen molar-refractivity contribution in [3.05, 3.63) is 71.8 Å². The van der Waals surface area contributed by atoms with Crippen molar-refractivity contribution in [3.8, 4) is 0 Å². The predicted molar refractivity (Wildman–Crippen MR) is 147 cm³/mol. The highest BCUT2D eigenvalue weighted by molar-refractivity contribution is 5.23. The Kier molecular flexibility index (Phi) is 7.72. The number of nitrogens with zero attached hydrogens (tertiary/aromatic N) is 5. The lowest BCUT2D eigenvalue weighted by Gasteiger charge is -2.43. The maximum absolute atomic E-state index is 4.43. The summed E-state index contributed by atoms with van der Waals surface area (Å²) in [6.07, 6.45) is 18.8. The Hall–Kier alpha value is -2.48. The highest BCUT2D eigenvalue weighted by Gasteiger charge is 2.41. The Bertz CT molecular complexity index is 1030. The van der Waals surface area contributed by atoms with E-state index < -0.39 is 0 Å². The molecule has 6 rings (SSSR count). The third-order valence-electron chi connectivity index (χ3n) is 9.16. The second-order valence-electron chi connectivity index (χ2n) is 11.8. The first-order chi connectivity index (χ1) is 18.2. The van der Waals surface area contributed by atoms with E-state index in [0.717, 1.165) is 43.9 Å². The van der Waals surface area contributed by atoms with Crippen molar-refractivity contribution in [1.82, 2.24) is 34.6 Å². The monoisotopic (exact) mass is 501 g/mol. The number of H-pyrrole nitrogens is 2. The molecule has 4 heterocycles. The molecule has 198 valence electrons. The van der Waals surface area contributed by atoms with E-state index in [0.29, 0.717) is 5.41 Å². The van der Waals surface area contributed by atoms with Gasteiger partial charge in [0.25, 0.3) is 0 Å². The summed E-state index contributed by atoms with van der Waals surface area (Å²) < 4.78 is 0. The normalized spacial score (nSPS) is 21.3. The largest absolute Gasteiger partial charge is 0.348 e. The molecule has 2 aliphatic heterocycles. The molecule has 1 spiro atoms. The van der Waals surface area contributed by atoms with Gasteiger partial charge in [0.15, 0.2) is 0 Å². The number of hydrogen-bond acceptors (Lipinski definition) is 5. The van der Waals surface area contributed by atoms with Crippen LogP contribution < -0.4 is 0 Å². The minimum atomic E-state index is 0.573. The van der Waals surface area contributed by atoms with Gasteiger partial charge in [-0.3, -0.25) is 9.80 Å². The van der Waals surface area contributed by atoms with Gasteiger partial charge in [-0.2, -0.15) is 0 Å². The van der Waals surface area contributed by atoms with Crippen LogP contribution in [0.3, 0.4) is 0 Å². The van der Waals surface area contributed by atoms with Crippen molar-refractivity contribution in [2.24, 2.45) is 5.41 Å². The number of imidazole rings is 2. The van der Waals surface area contributed by atoms with Crippen LogP contribution >= 0.6 is 0 Å². The maximum atomic E-state index is 4.43. The number of hydrogen-bond donors (Lipinski definition) is 2. The van der Waals surface area contributed by atoms with Crippen LogP contribution in [0.2, 0.25) is 0 Å². The van der Waals surface area contributed by atoms with Crippen LogP contribution in [0.1, 0.15) is 74.1 Å². The first-order valence-corrected chi connectivity index (χ1v) is 14.5. The molecule has 3 aromatic rings. The average molecular weight is 502 g/mol. The van der Waals surface area contributed by atoms with Crippen molar-refractivity contribution in [1.29, 1.82) is 0 Å². The molecule has 7 nitrogen and oxygen atoms in total. The molecular formula is C30H43N7. The lowest BCUT2D eigenvalue weighted by atomic mass is 9.77. The molecule has 1 aliphatic carbocycles. The zero-order chi connectivity index (χ0) is 24.9. The summed E-state index contributed by atoms with van der Waals surface area (Å²) in [7, 11) is 0. The zero-order valence-corrected chi connectivity index (χ0v) is 22.2. The van der Waals surface area contributed by atoms with Crippen LogP contribution in [-0.4, -0.2) is 66.9 Å². The maximum Gasteiger partial charge on any atom is 0.120 e. The molecule has 0 unspecified atom stereocenters. The molecule has 0 radical (unpaired) electrons. The number of nitrogens with one attached hydrogen (secondary N) is 2. The van der Waals surface area contributed by atoms with Gasteiger partial charge in [-0.05, 0) is 68.3 Å². The van der Waals surface area contributed by atoms with E-state index in [1.807, 2.05) is 24.8 Å².